The molecule has 4 heteroatoms. The highest BCUT2D eigenvalue weighted by molar-refractivity contribution is 6.48. The van der Waals surface area contributed by atoms with Crippen molar-refractivity contribution in [3.05, 3.63) is 5.21 Å². The van der Waals surface area contributed by atoms with Crippen LogP contribution in [0.2, 0.25) is 0 Å². The highest BCUT2D eigenvalue weighted by Crippen LogP contribution is 2.27. The zero-order valence-corrected chi connectivity index (χ0v) is 7.37. The first-order valence-corrected chi connectivity index (χ1v) is 4.17. The van der Waals surface area contributed by atoms with E-state index in [9.17, 15) is 5.21 Å². The van der Waals surface area contributed by atoms with Gasteiger partial charge >= 0.3 is 0 Å². The molecule has 0 aromatic rings. The van der Waals surface area contributed by atoms with E-state index in [0.29, 0.717) is 6.54 Å². The van der Waals surface area contributed by atoms with Gasteiger partial charge in [-0.3, -0.25) is 0 Å². The topological polar surface area (TPSA) is 27.5 Å². The Hall–Kier alpha value is 0.500. The second-order valence-corrected chi connectivity index (χ2v) is 4.58. The molecule has 60 valence electrons. The molecule has 1 aliphatic heterocycles. The predicted molar refractivity (Wildman–Crippen MR) is 42.3 cm³/mol. The number of alkyl halides is 2. The van der Waals surface area contributed by atoms with Gasteiger partial charge in [0.15, 0.2) is 4.33 Å². The van der Waals surface area contributed by atoms with Gasteiger partial charge in [0.1, 0.15) is 6.54 Å². The molecule has 0 amide bonds. The Morgan fingerprint density at radius 2 is 2.20 bits per heavy atom. The molecule has 0 aromatic heterocycles. The molecule has 1 aliphatic rings. The van der Waals surface area contributed by atoms with Crippen LogP contribution >= 0.6 is 23.2 Å². The third-order valence-corrected chi connectivity index (χ3v) is 2.57. The second-order valence-electron chi connectivity index (χ2n) is 2.94. The third-order valence-electron chi connectivity index (χ3n) is 1.93. The monoisotopic (exact) mass is 183 g/mol. The van der Waals surface area contributed by atoms with Crippen molar-refractivity contribution in [3.8, 4) is 0 Å². The first kappa shape index (κ1) is 8.60. The van der Waals surface area contributed by atoms with Crippen LogP contribution < -0.4 is 5.06 Å². The van der Waals surface area contributed by atoms with Gasteiger partial charge in [-0.25, -0.2) is 0 Å². The van der Waals surface area contributed by atoms with Crippen LogP contribution in [0, 0.1) is 5.21 Å². The molecular weight excluding hydrogens is 173 g/mol. The number of hydrogen-bond acceptors (Lipinski definition) is 1. The molecule has 0 bridgehead atoms. The number of quaternary nitrogens is 1. The molecule has 0 aliphatic carbocycles. The molecule has 2 unspecified atom stereocenters. The van der Waals surface area contributed by atoms with Crippen LogP contribution in [-0.2, 0) is 0 Å². The number of halogens is 2. The standard InChI is InChI=1S/C6H11Cl2NO/c1-5-2-3-6(7,8)4-9(5)10/h5,9H,2-4H2,1H3. The first-order chi connectivity index (χ1) is 4.51. The van der Waals surface area contributed by atoms with Gasteiger partial charge in [0.2, 0.25) is 0 Å². The van der Waals surface area contributed by atoms with Crippen LogP contribution in [0.25, 0.3) is 0 Å². The van der Waals surface area contributed by atoms with Crippen LogP contribution in [0.1, 0.15) is 19.8 Å². The molecule has 2 atom stereocenters. The zero-order chi connectivity index (χ0) is 7.78. The van der Waals surface area contributed by atoms with Crippen LogP contribution in [0.5, 0.6) is 0 Å². The summed E-state index contributed by atoms with van der Waals surface area (Å²) in [6, 6.07) is 0.158. The molecule has 0 aromatic carbocycles. The van der Waals surface area contributed by atoms with E-state index in [1.165, 1.54) is 0 Å². The van der Waals surface area contributed by atoms with Crippen molar-refractivity contribution in [2.24, 2.45) is 0 Å². The van der Waals surface area contributed by atoms with Gasteiger partial charge in [-0.05, 0) is 13.3 Å². The Balaban J connectivity index is 2.49. The molecule has 0 radical (unpaired) electrons. The van der Waals surface area contributed by atoms with Gasteiger partial charge in [0, 0.05) is 6.42 Å². The summed E-state index contributed by atoms with van der Waals surface area (Å²) >= 11 is 11.6. The van der Waals surface area contributed by atoms with Gasteiger partial charge in [-0.15, -0.1) is 0 Å². The molecule has 10 heavy (non-hydrogen) atoms. The number of rotatable bonds is 0. The lowest BCUT2D eigenvalue weighted by molar-refractivity contribution is -0.879. The van der Waals surface area contributed by atoms with Crippen molar-refractivity contribution >= 4 is 23.2 Å². The summed E-state index contributed by atoms with van der Waals surface area (Å²) in [6.07, 6.45) is 1.56. The Morgan fingerprint density at radius 3 is 2.60 bits per heavy atom. The normalized spacial score (nSPS) is 39.6. The smallest absolute Gasteiger partial charge is 0.167 e. The highest BCUT2D eigenvalue weighted by atomic mass is 35.5. The van der Waals surface area contributed by atoms with E-state index in [4.69, 9.17) is 23.2 Å². The molecule has 1 heterocycles. The Morgan fingerprint density at radius 1 is 1.60 bits per heavy atom. The number of nitrogens with one attached hydrogen (secondary N) is 1. The number of hydrogen-bond donors (Lipinski definition) is 1. The number of hydroxylamine groups is 2. The van der Waals surface area contributed by atoms with Gasteiger partial charge in [-0.2, -0.15) is 0 Å². The van der Waals surface area contributed by atoms with Crippen LogP contribution in [-0.4, -0.2) is 16.9 Å². The van der Waals surface area contributed by atoms with Crippen LogP contribution in [0.15, 0.2) is 0 Å². The Bertz CT molecular complexity index is 129. The van der Waals surface area contributed by atoms with Crippen LogP contribution in [0.4, 0.5) is 0 Å². The Kier molecular flexibility index (Phi) is 2.46. The van der Waals surface area contributed by atoms with Crippen molar-refractivity contribution in [1.82, 2.24) is 0 Å². The van der Waals surface area contributed by atoms with Crippen LogP contribution in [0.3, 0.4) is 0 Å². The number of piperidine rings is 1. The fourth-order valence-electron chi connectivity index (χ4n) is 1.11. The van der Waals surface area contributed by atoms with Crippen molar-refractivity contribution in [1.29, 1.82) is 0 Å². The molecular formula is C6H11Cl2NO. The first-order valence-electron chi connectivity index (χ1n) is 3.42. The summed E-state index contributed by atoms with van der Waals surface area (Å²) in [5.74, 6) is 0. The molecule has 0 spiro atoms. The van der Waals surface area contributed by atoms with Crippen molar-refractivity contribution in [3.63, 3.8) is 0 Å². The van der Waals surface area contributed by atoms with Crippen molar-refractivity contribution < 1.29 is 5.06 Å². The molecule has 1 N–H and O–H groups in total. The van der Waals surface area contributed by atoms with E-state index < -0.39 is 4.33 Å². The maximum Gasteiger partial charge on any atom is 0.167 e. The SMILES string of the molecule is CC1CCC(Cl)(Cl)C[NH+]1[O-]. The summed E-state index contributed by atoms with van der Waals surface area (Å²) in [7, 11) is 0. The van der Waals surface area contributed by atoms with E-state index in [-0.39, 0.29) is 11.1 Å². The lowest BCUT2D eigenvalue weighted by atomic mass is 10.1. The van der Waals surface area contributed by atoms with Gasteiger partial charge in [0.05, 0.1) is 6.04 Å². The van der Waals surface area contributed by atoms with E-state index in [0.717, 1.165) is 12.8 Å². The Labute approximate surface area is 70.7 Å². The minimum absolute atomic E-state index is 0.158. The summed E-state index contributed by atoms with van der Waals surface area (Å²) < 4.78 is -0.774. The maximum atomic E-state index is 11.0. The fourth-order valence-corrected chi connectivity index (χ4v) is 1.59. The van der Waals surface area contributed by atoms with E-state index in [1.807, 2.05) is 6.92 Å². The molecule has 1 rings (SSSR count). The molecule has 1 fully saturated rings. The van der Waals surface area contributed by atoms with E-state index >= 15 is 0 Å². The molecule has 0 saturated carbocycles. The average molecular weight is 184 g/mol. The van der Waals surface area contributed by atoms with Gasteiger partial charge in [0.25, 0.3) is 0 Å². The van der Waals surface area contributed by atoms with E-state index in [2.05, 4.69) is 0 Å². The third kappa shape index (κ3) is 1.99. The minimum Gasteiger partial charge on any atom is -0.634 e. The summed E-state index contributed by atoms with van der Waals surface area (Å²) in [5, 5.41) is 11.2. The van der Waals surface area contributed by atoms with Crippen molar-refractivity contribution in [2.75, 3.05) is 6.54 Å². The van der Waals surface area contributed by atoms with Gasteiger partial charge < -0.3 is 10.3 Å². The average Bonchev–Trinajstić information content (AvgIpc) is 1.79. The summed E-state index contributed by atoms with van der Waals surface area (Å²) in [5.41, 5.74) is 0. The molecule has 2 nitrogen and oxygen atoms in total. The zero-order valence-electron chi connectivity index (χ0n) is 5.86. The minimum atomic E-state index is -0.774. The largest absolute Gasteiger partial charge is 0.634 e. The molecule has 1 saturated heterocycles. The highest BCUT2D eigenvalue weighted by Gasteiger charge is 2.34. The fraction of sp³-hybridized carbons (Fsp3) is 1.00. The maximum absolute atomic E-state index is 11.0. The lowest BCUT2D eigenvalue weighted by Gasteiger charge is -2.38. The second kappa shape index (κ2) is 2.86. The quantitative estimate of drug-likeness (QED) is 0.436. The predicted octanol–water partition coefficient (Wildman–Crippen LogP) is 0.725. The van der Waals surface area contributed by atoms with Crippen molar-refractivity contribution in [2.45, 2.75) is 30.1 Å². The summed E-state index contributed by atoms with van der Waals surface area (Å²) in [4.78, 5) is 0. The summed E-state index contributed by atoms with van der Waals surface area (Å²) in [6.45, 7) is 2.24. The van der Waals surface area contributed by atoms with Gasteiger partial charge in [-0.1, -0.05) is 23.2 Å². The van der Waals surface area contributed by atoms with E-state index in [1.54, 1.807) is 0 Å². The lowest BCUT2D eigenvalue weighted by Crippen LogP contribution is -3.13.